The molecule has 0 unspecified atom stereocenters. The van der Waals surface area contributed by atoms with Crippen LogP contribution in [0.5, 0.6) is 11.5 Å². The molecule has 1 aliphatic heterocycles. The van der Waals surface area contributed by atoms with E-state index in [1.54, 1.807) is 35.7 Å². The number of hydrogen-bond donors (Lipinski definition) is 2. The van der Waals surface area contributed by atoms with Crippen molar-refractivity contribution < 1.29 is 28.6 Å². The van der Waals surface area contributed by atoms with Gasteiger partial charge >= 0.3 is 0 Å². The zero-order chi connectivity index (χ0) is 28.6. The number of nitrogens with one attached hydrogen (secondary N) is 2. The molecule has 0 saturated carbocycles. The van der Waals surface area contributed by atoms with Gasteiger partial charge in [-0.2, -0.15) is 0 Å². The second kappa shape index (κ2) is 13.5. The molecule has 2 heterocycles. The molecule has 0 radical (unpaired) electrons. The average molecular weight is 566 g/mol. The fourth-order valence-electron chi connectivity index (χ4n) is 4.69. The van der Waals surface area contributed by atoms with Gasteiger partial charge in [-0.15, -0.1) is 11.3 Å². The van der Waals surface area contributed by atoms with Gasteiger partial charge in [-0.3, -0.25) is 19.3 Å². The molecule has 1 saturated heterocycles. The molecule has 0 aliphatic carbocycles. The van der Waals surface area contributed by atoms with Crippen molar-refractivity contribution in [1.82, 2.24) is 10.6 Å². The van der Waals surface area contributed by atoms with Crippen molar-refractivity contribution in [3.8, 4) is 11.5 Å². The molecule has 1 aromatic heterocycles. The zero-order valence-electron chi connectivity index (χ0n) is 23.2. The third-order valence-corrected chi connectivity index (χ3v) is 7.66. The van der Waals surface area contributed by atoms with E-state index in [0.717, 1.165) is 24.0 Å². The summed E-state index contributed by atoms with van der Waals surface area (Å²) in [6, 6.07) is 13.3. The second-order valence-corrected chi connectivity index (χ2v) is 10.6. The molecule has 2 atom stereocenters. The molecule has 9 nitrogen and oxygen atoms in total. The minimum absolute atomic E-state index is 0.0788. The summed E-state index contributed by atoms with van der Waals surface area (Å²) in [7, 11) is 3.05. The van der Waals surface area contributed by atoms with Crippen LogP contribution in [0, 0.1) is 13.8 Å². The van der Waals surface area contributed by atoms with Crippen LogP contribution in [0.2, 0.25) is 0 Å². The highest BCUT2D eigenvalue weighted by Gasteiger charge is 2.35. The van der Waals surface area contributed by atoms with E-state index in [1.807, 2.05) is 32.0 Å². The molecule has 0 spiro atoms. The summed E-state index contributed by atoms with van der Waals surface area (Å²) < 4.78 is 16.6. The van der Waals surface area contributed by atoms with Crippen molar-refractivity contribution in [1.29, 1.82) is 0 Å². The third-order valence-electron chi connectivity index (χ3n) is 6.80. The first kappa shape index (κ1) is 29.1. The molecule has 2 aromatic carbocycles. The number of aryl methyl sites for hydroxylation is 2. The highest BCUT2D eigenvalue weighted by molar-refractivity contribution is 7.12. The number of methoxy groups -OCH3 is 2. The molecule has 1 aliphatic rings. The van der Waals surface area contributed by atoms with Crippen LogP contribution in [0.25, 0.3) is 0 Å². The first-order valence-electron chi connectivity index (χ1n) is 13.1. The molecule has 212 valence electrons. The van der Waals surface area contributed by atoms with Crippen LogP contribution < -0.4 is 25.0 Å². The first-order valence-corrected chi connectivity index (χ1v) is 14.0. The van der Waals surface area contributed by atoms with Gasteiger partial charge in [0.15, 0.2) is 11.5 Å². The molecule has 40 heavy (non-hydrogen) atoms. The molecule has 4 rings (SSSR count). The van der Waals surface area contributed by atoms with E-state index in [2.05, 4.69) is 10.6 Å². The Kier molecular flexibility index (Phi) is 9.79. The van der Waals surface area contributed by atoms with E-state index in [1.165, 1.54) is 30.5 Å². The lowest BCUT2D eigenvalue weighted by Gasteiger charge is -2.33. The number of carbonyl (C=O) groups is 3. The van der Waals surface area contributed by atoms with E-state index in [0.29, 0.717) is 40.8 Å². The number of ether oxygens (including phenoxy) is 3. The normalized spacial score (nSPS) is 15.2. The van der Waals surface area contributed by atoms with Gasteiger partial charge < -0.3 is 24.8 Å². The molecule has 3 aromatic rings. The molecule has 0 bridgehead atoms. The number of anilines is 1. The number of benzene rings is 2. The van der Waals surface area contributed by atoms with Gasteiger partial charge in [0, 0.05) is 18.8 Å². The first-order chi connectivity index (χ1) is 19.3. The topological polar surface area (TPSA) is 106 Å². The van der Waals surface area contributed by atoms with Crippen LogP contribution in [-0.2, 0) is 14.3 Å². The van der Waals surface area contributed by atoms with Crippen molar-refractivity contribution in [3.63, 3.8) is 0 Å². The summed E-state index contributed by atoms with van der Waals surface area (Å²) in [5.41, 5.74) is 2.83. The lowest BCUT2D eigenvalue weighted by Crippen LogP contribution is -2.48. The van der Waals surface area contributed by atoms with Gasteiger partial charge in [-0.1, -0.05) is 24.3 Å². The van der Waals surface area contributed by atoms with E-state index in [-0.39, 0.29) is 24.5 Å². The Morgan fingerprint density at radius 3 is 2.52 bits per heavy atom. The van der Waals surface area contributed by atoms with Gasteiger partial charge in [0.25, 0.3) is 5.91 Å². The zero-order valence-corrected chi connectivity index (χ0v) is 24.0. The Balaban J connectivity index is 1.75. The summed E-state index contributed by atoms with van der Waals surface area (Å²) in [5.74, 6) is -0.240. The van der Waals surface area contributed by atoms with Crippen LogP contribution in [0.1, 0.15) is 45.2 Å². The van der Waals surface area contributed by atoms with E-state index < -0.39 is 11.9 Å². The lowest BCUT2D eigenvalue weighted by molar-refractivity contribution is -0.126. The molecule has 3 amide bonds. The average Bonchev–Trinajstić information content (AvgIpc) is 3.69. The predicted octanol–water partition coefficient (Wildman–Crippen LogP) is 4.18. The van der Waals surface area contributed by atoms with Crippen LogP contribution >= 0.6 is 11.3 Å². The fourth-order valence-corrected chi connectivity index (χ4v) is 5.33. The molecule has 2 N–H and O–H groups in total. The number of thiophene rings is 1. The van der Waals surface area contributed by atoms with Gasteiger partial charge in [-0.25, -0.2) is 0 Å². The Morgan fingerprint density at radius 1 is 1.05 bits per heavy atom. The second-order valence-electron chi connectivity index (χ2n) is 9.61. The molecular formula is C30H35N3O6S. The van der Waals surface area contributed by atoms with Crippen LogP contribution in [0.3, 0.4) is 0 Å². The van der Waals surface area contributed by atoms with Crippen molar-refractivity contribution in [2.75, 3.05) is 38.8 Å². The SMILES string of the molecule is COc1ccc([C@H](C(=O)NC[C@H]2CCCO2)N(C(=O)CNC(=O)c2cccs2)c2cc(C)ccc2C)cc1OC. The molecular weight excluding hydrogens is 530 g/mol. The summed E-state index contributed by atoms with van der Waals surface area (Å²) in [5, 5.41) is 7.51. The Labute approximate surface area is 238 Å². The monoisotopic (exact) mass is 565 g/mol. The van der Waals surface area contributed by atoms with E-state index in [4.69, 9.17) is 14.2 Å². The minimum atomic E-state index is -1.06. The summed E-state index contributed by atoms with van der Waals surface area (Å²) in [4.78, 5) is 42.6. The number of nitrogens with zero attached hydrogens (tertiary/aromatic N) is 1. The maximum atomic E-state index is 14.0. The number of hydrogen-bond acceptors (Lipinski definition) is 7. The molecule has 1 fully saturated rings. The van der Waals surface area contributed by atoms with Crippen molar-refractivity contribution in [3.05, 3.63) is 75.5 Å². The summed E-state index contributed by atoms with van der Waals surface area (Å²) >= 11 is 1.29. The van der Waals surface area contributed by atoms with Crippen LogP contribution in [0.4, 0.5) is 5.69 Å². The highest BCUT2D eigenvalue weighted by Crippen LogP contribution is 2.36. The minimum Gasteiger partial charge on any atom is -0.493 e. The maximum Gasteiger partial charge on any atom is 0.261 e. The largest absolute Gasteiger partial charge is 0.493 e. The van der Waals surface area contributed by atoms with Crippen LogP contribution in [-0.4, -0.2) is 57.7 Å². The Hall–Kier alpha value is -3.89. The summed E-state index contributed by atoms with van der Waals surface area (Å²) in [6.07, 6.45) is 1.72. The lowest BCUT2D eigenvalue weighted by atomic mass is 10.00. The Bertz CT molecular complexity index is 1340. The van der Waals surface area contributed by atoms with E-state index in [9.17, 15) is 14.4 Å². The van der Waals surface area contributed by atoms with Gasteiger partial charge in [0.2, 0.25) is 11.8 Å². The quantitative estimate of drug-likeness (QED) is 0.361. The van der Waals surface area contributed by atoms with Gasteiger partial charge in [-0.05, 0) is 73.0 Å². The highest BCUT2D eigenvalue weighted by atomic mass is 32.1. The van der Waals surface area contributed by atoms with Crippen LogP contribution in [0.15, 0.2) is 53.9 Å². The number of amides is 3. The van der Waals surface area contributed by atoms with Crippen molar-refractivity contribution in [2.45, 2.75) is 38.8 Å². The van der Waals surface area contributed by atoms with E-state index >= 15 is 0 Å². The smallest absolute Gasteiger partial charge is 0.261 e. The van der Waals surface area contributed by atoms with Gasteiger partial charge in [0.05, 0.1) is 31.7 Å². The number of rotatable bonds is 11. The Morgan fingerprint density at radius 2 is 1.85 bits per heavy atom. The van der Waals surface area contributed by atoms with Gasteiger partial charge in [0.1, 0.15) is 6.04 Å². The third kappa shape index (κ3) is 6.81. The van der Waals surface area contributed by atoms with Crippen molar-refractivity contribution in [2.24, 2.45) is 0 Å². The standard InChI is InChI=1S/C30H35N3O6S/c1-19-9-10-20(2)23(15-19)33(27(34)18-32-29(35)26-8-6-14-40-26)28(30(36)31-17-22-7-5-13-39-22)21-11-12-24(37-3)25(16-21)38-4/h6,8-12,14-16,22,28H,5,7,13,17-18H2,1-4H3,(H,31,36)(H,32,35)/t22-,28-/m1/s1. The van der Waals surface area contributed by atoms with Crippen molar-refractivity contribution >= 4 is 34.7 Å². The summed E-state index contributed by atoms with van der Waals surface area (Å²) in [6.45, 7) is 4.50. The maximum absolute atomic E-state index is 14.0. The molecule has 10 heteroatoms. The predicted molar refractivity (Wildman–Crippen MR) is 154 cm³/mol. The fraction of sp³-hybridized carbons (Fsp3) is 0.367. The number of carbonyl (C=O) groups excluding carboxylic acids is 3.